The van der Waals surface area contributed by atoms with E-state index in [0.717, 1.165) is 18.9 Å². The minimum absolute atomic E-state index is 0.146. The number of halogens is 4. The fraction of sp³-hybridized carbons (Fsp3) is 0.385. The Kier molecular flexibility index (Phi) is 3.53. The van der Waals surface area contributed by atoms with Crippen LogP contribution in [-0.4, -0.2) is 10.1 Å². The van der Waals surface area contributed by atoms with Crippen LogP contribution >= 0.6 is 15.9 Å². The lowest BCUT2D eigenvalue weighted by molar-refractivity contribution is -0.137. The molecule has 1 saturated carbocycles. The molecule has 1 aliphatic carbocycles. The molecule has 0 aliphatic heterocycles. The van der Waals surface area contributed by atoms with Gasteiger partial charge in [-0.05, 0) is 37.0 Å². The Labute approximate surface area is 126 Å². The van der Waals surface area contributed by atoms with Crippen molar-refractivity contribution in [2.75, 3.05) is 0 Å². The van der Waals surface area contributed by atoms with Gasteiger partial charge in [0.15, 0.2) is 5.82 Å². The molecule has 0 radical (unpaired) electrons. The van der Waals surface area contributed by atoms with E-state index in [1.807, 2.05) is 0 Å². The van der Waals surface area contributed by atoms with Gasteiger partial charge in [0.05, 0.1) is 17.2 Å². The second-order valence-electron chi connectivity index (χ2n) is 5.01. The number of nitrogens with two attached hydrogens (primary N) is 1. The molecule has 0 spiro atoms. The molecule has 1 aromatic carbocycles. The van der Waals surface area contributed by atoms with Crippen LogP contribution in [0.25, 0.3) is 11.5 Å². The molecule has 112 valence electrons. The minimum Gasteiger partial charge on any atom is -0.334 e. The maximum Gasteiger partial charge on any atom is 0.417 e. The van der Waals surface area contributed by atoms with Gasteiger partial charge in [-0.25, -0.2) is 0 Å². The fourth-order valence-corrected chi connectivity index (χ4v) is 2.44. The van der Waals surface area contributed by atoms with Gasteiger partial charge in [0, 0.05) is 4.47 Å². The number of alkyl halides is 3. The highest BCUT2D eigenvalue weighted by atomic mass is 79.9. The molecule has 1 atom stereocenters. The van der Waals surface area contributed by atoms with Crippen molar-refractivity contribution in [3.05, 3.63) is 34.1 Å². The van der Waals surface area contributed by atoms with E-state index in [1.165, 1.54) is 12.1 Å². The van der Waals surface area contributed by atoms with Crippen molar-refractivity contribution in [2.45, 2.75) is 25.1 Å². The summed E-state index contributed by atoms with van der Waals surface area (Å²) < 4.78 is 44.5. The van der Waals surface area contributed by atoms with Crippen molar-refractivity contribution in [3.8, 4) is 11.5 Å². The van der Waals surface area contributed by atoms with Gasteiger partial charge >= 0.3 is 6.18 Å². The SMILES string of the molecule is NC(c1noc(-c2ccc(Br)cc2C(F)(F)F)n1)C1CC1. The molecule has 3 rings (SSSR count). The molecular formula is C13H11BrF3N3O. The standard InChI is InChI=1S/C13H11BrF3N3O/c14-7-3-4-8(9(5-7)13(15,16)17)12-19-11(20-21-12)10(18)6-1-2-6/h3-6,10H,1-2,18H2. The van der Waals surface area contributed by atoms with E-state index in [2.05, 4.69) is 26.1 Å². The van der Waals surface area contributed by atoms with Crippen LogP contribution in [0.3, 0.4) is 0 Å². The largest absolute Gasteiger partial charge is 0.417 e. The summed E-state index contributed by atoms with van der Waals surface area (Å²) >= 11 is 3.03. The normalized spacial score (nSPS) is 17.0. The Bertz CT molecular complexity index is 667. The van der Waals surface area contributed by atoms with Crippen molar-refractivity contribution in [1.82, 2.24) is 10.1 Å². The van der Waals surface area contributed by atoms with Crippen molar-refractivity contribution < 1.29 is 17.7 Å². The Morgan fingerprint density at radius 1 is 1.33 bits per heavy atom. The van der Waals surface area contributed by atoms with Crippen LogP contribution in [0.2, 0.25) is 0 Å². The first-order valence-corrected chi connectivity index (χ1v) is 7.12. The average molecular weight is 362 g/mol. The molecule has 1 aliphatic rings. The number of benzene rings is 1. The van der Waals surface area contributed by atoms with Crippen LogP contribution in [-0.2, 0) is 6.18 Å². The lowest BCUT2D eigenvalue weighted by Gasteiger charge is -2.10. The van der Waals surface area contributed by atoms with Crippen LogP contribution in [0.4, 0.5) is 13.2 Å². The van der Waals surface area contributed by atoms with Gasteiger partial charge in [0.1, 0.15) is 0 Å². The Balaban J connectivity index is 2.00. The molecule has 4 nitrogen and oxygen atoms in total. The van der Waals surface area contributed by atoms with Crippen LogP contribution in [0.5, 0.6) is 0 Å². The zero-order valence-electron chi connectivity index (χ0n) is 10.7. The van der Waals surface area contributed by atoms with E-state index in [-0.39, 0.29) is 23.3 Å². The molecule has 2 N–H and O–H groups in total. The van der Waals surface area contributed by atoms with Crippen LogP contribution in [0.1, 0.15) is 30.3 Å². The number of nitrogens with zero attached hydrogens (tertiary/aromatic N) is 2. The highest BCUT2D eigenvalue weighted by Crippen LogP contribution is 2.40. The monoisotopic (exact) mass is 361 g/mol. The van der Waals surface area contributed by atoms with Gasteiger partial charge in [-0.1, -0.05) is 21.1 Å². The predicted molar refractivity (Wildman–Crippen MR) is 72.1 cm³/mol. The predicted octanol–water partition coefficient (Wildman–Crippen LogP) is 3.93. The summed E-state index contributed by atoms with van der Waals surface area (Å²) in [4.78, 5) is 4.03. The Morgan fingerprint density at radius 3 is 2.67 bits per heavy atom. The lowest BCUT2D eigenvalue weighted by atomic mass is 10.1. The first-order chi connectivity index (χ1) is 9.86. The van der Waals surface area contributed by atoms with Gasteiger partial charge in [-0.2, -0.15) is 18.2 Å². The summed E-state index contributed by atoms with van der Waals surface area (Å²) in [5.41, 5.74) is 4.95. The number of hydrogen-bond donors (Lipinski definition) is 1. The maximum atomic E-state index is 13.1. The Morgan fingerprint density at radius 2 is 2.05 bits per heavy atom. The summed E-state index contributed by atoms with van der Waals surface area (Å²) in [7, 11) is 0. The van der Waals surface area contributed by atoms with Crippen molar-refractivity contribution in [3.63, 3.8) is 0 Å². The van der Waals surface area contributed by atoms with E-state index >= 15 is 0 Å². The molecule has 1 fully saturated rings. The number of hydrogen-bond acceptors (Lipinski definition) is 4. The van der Waals surface area contributed by atoms with Crippen LogP contribution in [0, 0.1) is 5.92 Å². The molecule has 0 amide bonds. The van der Waals surface area contributed by atoms with Crippen molar-refractivity contribution >= 4 is 15.9 Å². The van der Waals surface area contributed by atoms with Gasteiger partial charge in [0.25, 0.3) is 5.89 Å². The molecule has 2 aromatic rings. The first kappa shape index (κ1) is 14.5. The second kappa shape index (κ2) is 5.10. The molecule has 1 aromatic heterocycles. The second-order valence-corrected chi connectivity index (χ2v) is 5.92. The smallest absolute Gasteiger partial charge is 0.334 e. The average Bonchev–Trinajstić information content (AvgIpc) is 3.15. The summed E-state index contributed by atoms with van der Waals surface area (Å²) in [6.45, 7) is 0. The van der Waals surface area contributed by atoms with Gasteiger partial charge < -0.3 is 10.3 Å². The van der Waals surface area contributed by atoms with Crippen LogP contribution < -0.4 is 5.73 Å². The highest BCUT2D eigenvalue weighted by molar-refractivity contribution is 9.10. The highest BCUT2D eigenvalue weighted by Gasteiger charge is 2.36. The molecule has 8 heteroatoms. The van der Waals surface area contributed by atoms with E-state index in [9.17, 15) is 13.2 Å². The van der Waals surface area contributed by atoms with E-state index in [1.54, 1.807) is 0 Å². The zero-order valence-corrected chi connectivity index (χ0v) is 12.3. The minimum atomic E-state index is -4.51. The quantitative estimate of drug-likeness (QED) is 0.899. The maximum absolute atomic E-state index is 13.1. The van der Waals surface area contributed by atoms with Gasteiger partial charge in [0.2, 0.25) is 0 Å². The number of aromatic nitrogens is 2. The summed E-state index contributed by atoms with van der Waals surface area (Å²) in [6, 6.07) is 3.40. The summed E-state index contributed by atoms with van der Waals surface area (Å²) in [5.74, 6) is 0.381. The topological polar surface area (TPSA) is 64.9 Å². The van der Waals surface area contributed by atoms with E-state index < -0.39 is 11.7 Å². The first-order valence-electron chi connectivity index (χ1n) is 6.32. The van der Waals surface area contributed by atoms with Crippen molar-refractivity contribution in [2.24, 2.45) is 11.7 Å². The molecule has 21 heavy (non-hydrogen) atoms. The fourth-order valence-electron chi connectivity index (χ4n) is 2.08. The molecular weight excluding hydrogens is 351 g/mol. The van der Waals surface area contributed by atoms with Gasteiger partial charge in [-0.3, -0.25) is 0 Å². The third-order valence-electron chi connectivity index (χ3n) is 3.39. The Hall–Kier alpha value is -1.41. The van der Waals surface area contributed by atoms with Crippen molar-refractivity contribution in [1.29, 1.82) is 0 Å². The number of rotatable bonds is 3. The summed E-state index contributed by atoms with van der Waals surface area (Å²) in [5, 5.41) is 3.71. The molecule has 0 saturated heterocycles. The van der Waals surface area contributed by atoms with Gasteiger partial charge in [-0.15, -0.1) is 0 Å². The lowest BCUT2D eigenvalue weighted by Crippen LogP contribution is -2.14. The van der Waals surface area contributed by atoms with E-state index in [0.29, 0.717) is 10.4 Å². The molecule has 1 unspecified atom stereocenters. The van der Waals surface area contributed by atoms with E-state index in [4.69, 9.17) is 10.3 Å². The summed E-state index contributed by atoms with van der Waals surface area (Å²) in [6.07, 6.45) is -2.54. The molecule has 0 bridgehead atoms. The van der Waals surface area contributed by atoms with Crippen LogP contribution in [0.15, 0.2) is 27.2 Å². The third kappa shape index (κ3) is 2.96. The molecule has 1 heterocycles. The zero-order chi connectivity index (χ0) is 15.2. The third-order valence-corrected chi connectivity index (χ3v) is 3.88.